The average molecular weight is 391 g/mol. The molecule has 1 aromatic carbocycles. The first kappa shape index (κ1) is 18.0. The summed E-state index contributed by atoms with van der Waals surface area (Å²) >= 11 is 0. The van der Waals surface area contributed by atoms with Crippen LogP contribution in [0.2, 0.25) is 0 Å². The van der Waals surface area contributed by atoms with Crippen LogP contribution >= 0.6 is 0 Å². The average Bonchev–Trinajstić information content (AvgIpc) is 3.17. The summed E-state index contributed by atoms with van der Waals surface area (Å²) < 4.78 is 23.4. The van der Waals surface area contributed by atoms with E-state index in [1.54, 1.807) is 6.92 Å². The minimum atomic E-state index is -3.17. The predicted molar refractivity (Wildman–Crippen MR) is 96.5 cm³/mol. The molecule has 0 saturated carbocycles. The molecule has 0 aromatic heterocycles. The Hall–Kier alpha value is -2.42. The van der Waals surface area contributed by atoms with E-state index in [0.29, 0.717) is 19.3 Å². The number of hydrogen-bond donors (Lipinski definition) is 2. The molecule has 3 aliphatic rings. The zero-order valence-corrected chi connectivity index (χ0v) is 15.8. The van der Waals surface area contributed by atoms with Gasteiger partial charge in [0.1, 0.15) is 12.1 Å². The molecule has 0 radical (unpaired) electrons. The lowest BCUT2D eigenvalue weighted by atomic mass is 9.92. The highest BCUT2D eigenvalue weighted by Crippen LogP contribution is 2.41. The SMILES string of the molecule is C[C@]1(NC(=O)CN2C(=O)N[C@@]3(CCc4ccccc43)C2=O)CCS(=O)(=O)C1. The number of fused-ring (bicyclic) bond motifs is 2. The molecule has 1 aromatic rings. The number of nitrogens with one attached hydrogen (secondary N) is 2. The highest BCUT2D eigenvalue weighted by atomic mass is 32.2. The van der Waals surface area contributed by atoms with E-state index in [9.17, 15) is 22.8 Å². The molecule has 4 rings (SSSR count). The second-order valence-corrected chi connectivity index (χ2v) is 10.0. The molecular weight excluding hydrogens is 370 g/mol. The van der Waals surface area contributed by atoms with Crippen LogP contribution in [0.3, 0.4) is 0 Å². The quantitative estimate of drug-likeness (QED) is 0.708. The number of sulfone groups is 1. The number of imide groups is 1. The molecule has 1 spiro atoms. The van der Waals surface area contributed by atoms with Crippen molar-refractivity contribution in [2.75, 3.05) is 18.1 Å². The van der Waals surface area contributed by atoms with Gasteiger partial charge in [0.25, 0.3) is 5.91 Å². The van der Waals surface area contributed by atoms with Crippen molar-refractivity contribution in [2.24, 2.45) is 0 Å². The van der Waals surface area contributed by atoms with Gasteiger partial charge in [-0.3, -0.25) is 14.5 Å². The summed E-state index contributed by atoms with van der Waals surface area (Å²) in [5, 5.41) is 5.45. The topological polar surface area (TPSA) is 113 Å². The molecule has 0 unspecified atom stereocenters. The first-order valence-electron chi connectivity index (χ1n) is 8.88. The maximum absolute atomic E-state index is 13.0. The Balaban J connectivity index is 1.50. The Morgan fingerprint density at radius 1 is 1.26 bits per heavy atom. The van der Waals surface area contributed by atoms with Crippen molar-refractivity contribution in [1.29, 1.82) is 0 Å². The van der Waals surface area contributed by atoms with Gasteiger partial charge in [-0.1, -0.05) is 24.3 Å². The van der Waals surface area contributed by atoms with Crippen molar-refractivity contribution in [3.05, 3.63) is 35.4 Å². The van der Waals surface area contributed by atoms with Crippen LogP contribution in [0.15, 0.2) is 24.3 Å². The lowest BCUT2D eigenvalue weighted by Gasteiger charge is -2.25. The molecule has 2 atom stereocenters. The van der Waals surface area contributed by atoms with Gasteiger partial charge >= 0.3 is 6.03 Å². The summed E-state index contributed by atoms with van der Waals surface area (Å²) in [6, 6.07) is 6.87. The van der Waals surface area contributed by atoms with Crippen molar-refractivity contribution in [3.63, 3.8) is 0 Å². The van der Waals surface area contributed by atoms with Crippen LogP contribution in [0.1, 0.15) is 30.9 Å². The fourth-order valence-electron chi connectivity index (χ4n) is 4.36. The second-order valence-electron chi connectivity index (χ2n) is 7.83. The maximum atomic E-state index is 13.0. The van der Waals surface area contributed by atoms with Crippen LogP contribution in [-0.4, -0.2) is 54.8 Å². The van der Waals surface area contributed by atoms with Gasteiger partial charge in [0, 0.05) is 0 Å². The van der Waals surface area contributed by atoms with Gasteiger partial charge in [0.2, 0.25) is 5.91 Å². The molecule has 2 N–H and O–H groups in total. The van der Waals surface area contributed by atoms with E-state index in [0.717, 1.165) is 16.0 Å². The maximum Gasteiger partial charge on any atom is 0.325 e. The molecule has 4 amide bonds. The highest BCUT2D eigenvalue weighted by molar-refractivity contribution is 7.91. The highest BCUT2D eigenvalue weighted by Gasteiger charge is 2.55. The van der Waals surface area contributed by atoms with Crippen molar-refractivity contribution in [3.8, 4) is 0 Å². The lowest BCUT2D eigenvalue weighted by Crippen LogP contribution is -2.51. The summed E-state index contributed by atoms with van der Waals surface area (Å²) in [6.45, 7) is 1.24. The van der Waals surface area contributed by atoms with Crippen LogP contribution in [0.5, 0.6) is 0 Å². The zero-order valence-electron chi connectivity index (χ0n) is 14.9. The molecule has 2 heterocycles. The fourth-order valence-corrected chi connectivity index (χ4v) is 6.46. The molecule has 8 nitrogen and oxygen atoms in total. The number of carbonyl (C=O) groups excluding carboxylic acids is 3. The first-order valence-corrected chi connectivity index (χ1v) is 10.7. The Morgan fingerprint density at radius 2 is 2.00 bits per heavy atom. The smallest absolute Gasteiger partial charge is 0.325 e. The number of urea groups is 1. The molecule has 9 heteroatoms. The van der Waals surface area contributed by atoms with E-state index in [2.05, 4.69) is 10.6 Å². The van der Waals surface area contributed by atoms with E-state index in [1.807, 2.05) is 24.3 Å². The molecule has 27 heavy (non-hydrogen) atoms. The number of carbonyl (C=O) groups is 3. The summed E-state index contributed by atoms with van der Waals surface area (Å²) in [7, 11) is -3.17. The van der Waals surface area contributed by atoms with Crippen molar-refractivity contribution >= 4 is 27.7 Å². The Morgan fingerprint density at radius 3 is 2.70 bits per heavy atom. The van der Waals surface area contributed by atoms with Gasteiger partial charge in [-0.25, -0.2) is 13.2 Å². The van der Waals surface area contributed by atoms with Gasteiger partial charge in [-0.15, -0.1) is 0 Å². The normalized spacial score (nSPS) is 31.2. The van der Waals surface area contributed by atoms with Crippen LogP contribution < -0.4 is 10.6 Å². The minimum Gasteiger partial charge on any atom is -0.348 e. The molecule has 144 valence electrons. The molecular formula is C18H21N3O5S. The molecule has 1 aliphatic carbocycles. The van der Waals surface area contributed by atoms with Gasteiger partial charge in [-0.2, -0.15) is 0 Å². The summed E-state index contributed by atoms with van der Waals surface area (Å²) in [5.74, 6) is -1.09. The largest absolute Gasteiger partial charge is 0.348 e. The monoisotopic (exact) mass is 391 g/mol. The third-order valence-electron chi connectivity index (χ3n) is 5.67. The van der Waals surface area contributed by atoms with Crippen LogP contribution in [0, 0.1) is 0 Å². The van der Waals surface area contributed by atoms with E-state index in [4.69, 9.17) is 0 Å². The van der Waals surface area contributed by atoms with E-state index in [1.165, 1.54) is 0 Å². The minimum absolute atomic E-state index is 0.0206. The number of aryl methyl sites for hydroxylation is 1. The van der Waals surface area contributed by atoms with E-state index in [-0.39, 0.29) is 11.5 Å². The second kappa shape index (κ2) is 5.79. The Labute approximate surface area is 157 Å². The van der Waals surface area contributed by atoms with Gasteiger partial charge < -0.3 is 10.6 Å². The summed E-state index contributed by atoms with van der Waals surface area (Å²) in [6.07, 6.45) is 1.46. The van der Waals surface area contributed by atoms with Crippen LogP contribution in [0.25, 0.3) is 0 Å². The van der Waals surface area contributed by atoms with Crippen LogP contribution in [0.4, 0.5) is 4.79 Å². The van der Waals surface area contributed by atoms with Gasteiger partial charge in [0.15, 0.2) is 9.84 Å². The first-order chi connectivity index (χ1) is 12.6. The van der Waals surface area contributed by atoms with Crippen molar-refractivity contribution in [2.45, 2.75) is 37.3 Å². The number of nitrogens with zero attached hydrogens (tertiary/aromatic N) is 1. The standard InChI is InChI=1S/C18H21N3O5S/c1-17(8-9-27(25,26)11-17)19-14(22)10-21-15(23)18(20-16(21)24)7-6-12-4-2-3-5-13(12)18/h2-5H,6-11H2,1H3,(H,19,22)(H,20,24)/t17-,18+/m0/s1. The zero-order chi connectivity index (χ0) is 19.4. The summed E-state index contributed by atoms with van der Waals surface area (Å²) in [5.41, 5.74) is -0.178. The molecule has 0 bridgehead atoms. The number of amides is 4. The molecule has 2 saturated heterocycles. The summed E-state index contributed by atoms with van der Waals surface area (Å²) in [4.78, 5) is 38.8. The predicted octanol–water partition coefficient (Wildman–Crippen LogP) is 0.0733. The van der Waals surface area contributed by atoms with Gasteiger partial charge in [0.05, 0.1) is 17.0 Å². The molecule has 2 aliphatic heterocycles. The Bertz CT molecular complexity index is 959. The van der Waals surface area contributed by atoms with Crippen molar-refractivity contribution in [1.82, 2.24) is 15.5 Å². The van der Waals surface area contributed by atoms with Gasteiger partial charge in [-0.05, 0) is 37.3 Å². The number of benzene rings is 1. The van der Waals surface area contributed by atoms with Crippen LogP contribution in [-0.2, 0) is 31.4 Å². The number of rotatable bonds is 3. The third-order valence-corrected chi connectivity index (χ3v) is 7.57. The van der Waals surface area contributed by atoms with Crippen molar-refractivity contribution < 1.29 is 22.8 Å². The lowest BCUT2D eigenvalue weighted by molar-refractivity contribution is -0.135. The van der Waals surface area contributed by atoms with E-state index >= 15 is 0 Å². The Kier molecular flexibility index (Phi) is 3.85. The fraction of sp³-hybridized carbons (Fsp3) is 0.500. The van der Waals surface area contributed by atoms with E-state index < -0.39 is 45.3 Å². The molecule has 2 fully saturated rings. The third kappa shape index (κ3) is 2.90. The number of hydrogen-bond acceptors (Lipinski definition) is 5.